The van der Waals surface area contributed by atoms with Gasteiger partial charge in [0.2, 0.25) is 5.91 Å². The van der Waals surface area contributed by atoms with Gasteiger partial charge in [0.15, 0.2) is 5.78 Å². The molecule has 0 fully saturated rings. The van der Waals surface area contributed by atoms with Gasteiger partial charge in [0.05, 0.1) is 24.5 Å². The molecule has 1 N–H and O–H groups in total. The number of hydrogen-bond donors (Lipinski definition) is 1. The summed E-state index contributed by atoms with van der Waals surface area (Å²) in [6.07, 6.45) is 4.44. The molecule has 1 amide bonds. The summed E-state index contributed by atoms with van der Waals surface area (Å²) in [5.74, 6) is 0.954. The fraction of sp³-hybridized carbons (Fsp3) is 0.333. The zero-order chi connectivity index (χ0) is 26.6. The Bertz CT molecular complexity index is 1340. The van der Waals surface area contributed by atoms with E-state index in [1.54, 1.807) is 7.11 Å². The molecule has 1 aliphatic heterocycles. The largest absolute Gasteiger partial charge is 0.497 e. The second-order valence-corrected chi connectivity index (χ2v) is 10.4. The summed E-state index contributed by atoms with van der Waals surface area (Å²) >= 11 is 0. The first-order chi connectivity index (χ1) is 18.5. The van der Waals surface area contributed by atoms with Crippen molar-refractivity contribution in [3.05, 3.63) is 101 Å². The van der Waals surface area contributed by atoms with E-state index in [0.717, 1.165) is 47.6 Å². The van der Waals surface area contributed by atoms with Crippen molar-refractivity contribution in [2.75, 3.05) is 17.3 Å². The highest BCUT2D eigenvalue weighted by Gasteiger charge is 2.41. The number of ether oxygens (including phenoxy) is 1. The first-order valence-electron chi connectivity index (χ1n) is 13.6. The molecule has 1 heterocycles. The minimum absolute atomic E-state index is 0.0377. The third kappa shape index (κ3) is 5.10. The Morgan fingerprint density at radius 2 is 1.66 bits per heavy atom. The zero-order valence-corrected chi connectivity index (χ0v) is 22.5. The topological polar surface area (TPSA) is 58.6 Å². The average molecular weight is 509 g/mol. The monoisotopic (exact) mass is 508 g/mol. The van der Waals surface area contributed by atoms with Crippen LogP contribution in [0.4, 0.5) is 11.4 Å². The van der Waals surface area contributed by atoms with Crippen LogP contribution in [0.15, 0.2) is 84.1 Å². The number of rotatable bonds is 7. The number of methoxy groups -OCH3 is 1. The molecule has 38 heavy (non-hydrogen) atoms. The molecule has 196 valence electrons. The van der Waals surface area contributed by atoms with Crippen molar-refractivity contribution in [2.24, 2.45) is 0 Å². The van der Waals surface area contributed by atoms with Gasteiger partial charge >= 0.3 is 0 Å². The number of fused-ring (bicyclic) bond motifs is 1. The van der Waals surface area contributed by atoms with Gasteiger partial charge in [-0.1, -0.05) is 73.9 Å². The quantitative estimate of drug-likeness (QED) is 0.336. The first-order valence-corrected chi connectivity index (χ1v) is 13.6. The SMILES string of the molecule is CCCCCC(=O)N1c2ccccc2NC2=C(C(=O)C[C@@H](c3ccc(C)cc3)C2)[C@H]1c1ccc(OC)cc1. The Balaban J connectivity index is 1.65. The second kappa shape index (κ2) is 11.3. The molecule has 3 aromatic rings. The van der Waals surface area contributed by atoms with Gasteiger partial charge in [0.25, 0.3) is 0 Å². The number of carbonyl (C=O) groups excluding carboxylic acids is 2. The fourth-order valence-corrected chi connectivity index (χ4v) is 5.69. The number of anilines is 2. The number of unbranched alkanes of at least 4 members (excludes halogenated alkanes) is 2. The van der Waals surface area contributed by atoms with Crippen LogP contribution in [0.2, 0.25) is 0 Å². The van der Waals surface area contributed by atoms with Gasteiger partial charge in [0.1, 0.15) is 5.75 Å². The first kappa shape index (κ1) is 25.8. The van der Waals surface area contributed by atoms with Gasteiger partial charge < -0.3 is 10.1 Å². The van der Waals surface area contributed by atoms with Gasteiger partial charge in [-0.3, -0.25) is 14.5 Å². The van der Waals surface area contributed by atoms with E-state index in [1.807, 2.05) is 53.4 Å². The summed E-state index contributed by atoms with van der Waals surface area (Å²) in [6, 6.07) is 23.7. The molecule has 3 aromatic carbocycles. The minimum atomic E-state index is -0.507. The van der Waals surface area contributed by atoms with E-state index in [0.29, 0.717) is 24.8 Å². The number of amides is 1. The fourth-order valence-electron chi connectivity index (χ4n) is 5.69. The van der Waals surface area contributed by atoms with Crippen molar-refractivity contribution in [1.82, 2.24) is 0 Å². The van der Waals surface area contributed by atoms with Crippen LogP contribution >= 0.6 is 0 Å². The number of Topliss-reactive ketones (excluding diaryl/α,β-unsaturated/α-hetero) is 1. The molecule has 0 saturated heterocycles. The lowest BCUT2D eigenvalue weighted by atomic mass is 9.78. The van der Waals surface area contributed by atoms with E-state index >= 15 is 0 Å². The molecule has 5 heteroatoms. The molecular formula is C33H36N2O3. The molecule has 5 nitrogen and oxygen atoms in total. The minimum Gasteiger partial charge on any atom is -0.497 e. The van der Waals surface area contributed by atoms with Crippen LogP contribution in [0.1, 0.15) is 74.1 Å². The van der Waals surface area contributed by atoms with Crippen molar-refractivity contribution >= 4 is 23.1 Å². The third-order valence-corrected chi connectivity index (χ3v) is 7.73. The molecule has 0 aromatic heterocycles. The molecular weight excluding hydrogens is 472 g/mol. The Hall–Kier alpha value is -3.86. The molecule has 0 radical (unpaired) electrons. The average Bonchev–Trinajstić information content (AvgIpc) is 3.08. The second-order valence-electron chi connectivity index (χ2n) is 10.4. The van der Waals surface area contributed by atoms with Crippen LogP contribution in [0.5, 0.6) is 5.75 Å². The summed E-state index contributed by atoms with van der Waals surface area (Å²) in [4.78, 5) is 29.9. The Morgan fingerprint density at radius 3 is 2.37 bits per heavy atom. The molecule has 2 aliphatic rings. The normalized spacial score (nSPS) is 18.8. The van der Waals surface area contributed by atoms with Crippen LogP contribution in [-0.2, 0) is 9.59 Å². The van der Waals surface area contributed by atoms with Gasteiger partial charge in [0, 0.05) is 24.1 Å². The Morgan fingerprint density at radius 1 is 0.947 bits per heavy atom. The molecule has 0 unspecified atom stereocenters. The van der Waals surface area contributed by atoms with Crippen LogP contribution in [0.3, 0.4) is 0 Å². The molecule has 5 rings (SSSR count). The maximum Gasteiger partial charge on any atom is 0.227 e. The van der Waals surface area contributed by atoms with Gasteiger partial charge in [-0.2, -0.15) is 0 Å². The van der Waals surface area contributed by atoms with Crippen LogP contribution in [0, 0.1) is 6.92 Å². The van der Waals surface area contributed by atoms with E-state index in [2.05, 4.69) is 43.4 Å². The van der Waals surface area contributed by atoms with E-state index in [1.165, 1.54) is 11.1 Å². The lowest BCUT2D eigenvalue weighted by molar-refractivity contribution is -0.119. The van der Waals surface area contributed by atoms with Crippen LogP contribution in [0.25, 0.3) is 0 Å². The summed E-state index contributed by atoms with van der Waals surface area (Å²) < 4.78 is 5.40. The number of allylic oxidation sites excluding steroid dienone is 1. The van der Waals surface area contributed by atoms with Crippen molar-refractivity contribution in [3.63, 3.8) is 0 Å². The predicted octanol–water partition coefficient (Wildman–Crippen LogP) is 7.48. The Labute approximate surface area is 225 Å². The highest BCUT2D eigenvalue weighted by atomic mass is 16.5. The number of benzene rings is 3. The number of aryl methyl sites for hydroxylation is 1. The summed E-state index contributed by atoms with van der Waals surface area (Å²) in [7, 11) is 1.64. The van der Waals surface area contributed by atoms with Gasteiger partial charge in [-0.05, 0) is 61.1 Å². The third-order valence-electron chi connectivity index (χ3n) is 7.73. The maximum absolute atomic E-state index is 14.1. The van der Waals surface area contributed by atoms with Crippen LogP contribution in [-0.4, -0.2) is 18.8 Å². The van der Waals surface area contributed by atoms with E-state index in [4.69, 9.17) is 4.74 Å². The highest BCUT2D eigenvalue weighted by Crippen LogP contribution is 2.47. The van der Waals surface area contributed by atoms with Crippen molar-refractivity contribution < 1.29 is 14.3 Å². The number of nitrogens with zero attached hydrogens (tertiary/aromatic N) is 1. The Kier molecular flexibility index (Phi) is 7.64. The lowest BCUT2D eigenvalue weighted by Crippen LogP contribution is -2.38. The van der Waals surface area contributed by atoms with Crippen molar-refractivity contribution in [3.8, 4) is 5.75 Å². The van der Waals surface area contributed by atoms with E-state index in [-0.39, 0.29) is 17.6 Å². The van der Waals surface area contributed by atoms with E-state index in [9.17, 15) is 9.59 Å². The number of para-hydroxylation sites is 2. The molecule has 0 bridgehead atoms. The zero-order valence-electron chi connectivity index (χ0n) is 22.5. The van der Waals surface area contributed by atoms with Crippen LogP contribution < -0.4 is 15.0 Å². The molecule has 0 saturated carbocycles. The van der Waals surface area contributed by atoms with Gasteiger partial charge in [-0.15, -0.1) is 0 Å². The smallest absolute Gasteiger partial charge is 0.227 e. The summed E-state index contributed by atoms with van der Waals surface area (Å²) in [6.45, 7) is 4.21. The van der Waals surface area contributed by atoms with Crippen molar-refractivity contribution in [1.29, 1.82) is 0 Å². The lowest BCUT2D eigenvalue weighted by Gasteiger charge is -2.35. The molecule has 1 aliphatic carbocycles. The summed E-state index contributed by atoms with van der Waals surface area (Å²) in [5, 5.41) is 3.62. The number of nitrogens with one attached hydrogen (secondary N) is 1. The number of ketones is 1. The number of hydrogen-bond acceptors (Lipinski definition) is 4. The predicted molar refractivity (Wildman–Crippen MR) is 153 cm³/mol. The molecule has 0 spiro atoms. The highest BCUT2D eigenvalue weighted by molar-refractivity contribution is 6.06. The molecule has 2 atom stereocenters. The van der Waals surface area contributed by atoms with Gasteiger partial charge in [-0.25, -0.2) is 0 Å². The maximum atomic E-state index is 14.1. The van der Waals surface area contributed by atoms with E-state index < -0.39 is 6.04 Å². The standard InChI is InChI=1S/C33H36N2O3/c1-4-5-6-11-31(37)35-29-10-8-7-9-27(29)34-28-20-25(23-14-12-22(2)13-15-23)21-30(36)32(28)33(35)24-16-18-26(38-3)19-17-24/h7-10,12-19,25,33-34H,4-6,11,20-21H2,1-3H3/t25-,33+/m0/s1. The number of carbonyl (C=O) groups is 2. The van der Waals surface area contributed by atoms with Crippen molar-refractivity contribution in [2.45, 2.75) is 64.3 Å². The summed E-state index contributed by atoms with van der Waals surface area (Å²) in [5.41, 5.74) is 6.55.